The van der Waals surface area contributed by atoms with E-state index in [-0.39, 0.29) is 18.4 Å². The number of nitrogens with one attached hydrogen (secondary N) is 2. The third-order valence-electron chi connectivity index (χ3n) is 6.37. The van der Waals surface area contributed by atoms with Gasteiger partial charge in [-0.25, -0.2) is 4.39 Å². The molecule has 1 heterocycles. The fraction of sp³-hybridized carbons (Fsp3) is 0.391. The van der Waals surface area contributed by atoms with Crippen LogP contribution in [0.4, 0.5) is 4.39 Å². The summed E-state index contributed by atoms with van der Waals surface area (Å²) in [5, 5.41) is 6.19. The van der Waals surface area contributed by atoms with E-state index >= 15 is 0 Å². The van der Waals surface area contributed by atoms with E-state index in [0.717, 1.165) is 12.8 Å². The summed E-state index contributed by atoms with van der Waals surface area (Å²) in [6.45, 7) is 2.18. The Balaban J connectivity index is 1.40. The molecule has 1 unspecified atom stereocenters. The van der Waals surface area contributed by atoms with Crippen molar-refractivity contribution in [3.8, 4) is 11.1 Å². The van der Waals surface area contributed by atoms with Crippen molar-refractivity contribution >= 4 is 11.8 Å². The number of primary amides is 1. The van der Waals surface area contributed by atoms with Gasteiger partial charge >= 0.3 is 0 Å². The number of fused-ring (bicyclic) bond motifs is 2. The van der Waals surface area contributed by atoms with Gasteiger partial charge in [0.1, 0.15) is 5.82 Å². The van der Waals surface area contributed by atoms with Gasteiger partial charge in [0.15, 0.2) is 0 Å². The van der Waals surface area contributed by atoms with Crippen molar-refractivity contribution in [3.63, 3.8) is 0 Å². The zero-order valence-corrected chi connectivity index (χ0v) is 16.9. The van der Waals surface area contributed by atoms with Crippen molar-refractivity contribution < 1.29 is 14.0 Å². The van der Waals surface area contributed by atoms with Crippen molar-refractivity contribution in [2.45, 2.75) is 44.4 Å². The molecule has 2 aromatic rings. The van der Waals surface area contributed by atoms with Crippen LogP contribution in [0.5, 0.6) is 0 Å². The molecule has 2 amide bonds. The lowest BCUT2D eigenvalue weighted by Crippen LogP contribution is -2.54. The first kappa shape index (κ1) is 20.5. The normalized spacial score (nSPS) is 25.8. The lowest BCUT2D eigenvalue weighted by molar-refractivity contribution is -0.125. The fourth-order valence-electron chi connectivity index (χ4n) is 4.83. The maximum absolute atomic E-state index is 14.7. The van der Waals surface area contributed by atoms with Gasteiger partial charge in [-0.1, -0.05) is 31.2 Å². The summed E-state index contributed by atoms with van der Waals surface area (Å²) in [5.41, 5.74) is 13.5. The first-order valence-corrected chi connectivity index (χ1v) is 10.3. The molecule has 4 rings (SSSR count). The number of carbonyl (C=O) groups excluding carboxylic acids is 2. The van der Waals surface area contributed by atoms with Crippen LogP contribution in [0.25, 0.3) is 11.1 Å². The van der Waals surface area contributed by atoms with Gasteiger partial charge in [0.05, 0.1) is 12.2 Å². The second kappa shape index (κ2) is 8.16. The van der Waals surface area contributed by atoms with E-state index in [1.165, 1.54) is 6.07 Å². The second-order valence-electron chi connectivity index (χ2n) is 8.52. The van der Waals surface area contributed by atoms with Gasteiger partial charge in [-0.2, -0.15) is 0 Å². The van der Waals surface area contributed by atoms with Gasteiger partial charge in [-0.15, -0.1) is 0 Å². The van der Waals surface area contributed by atoms with Crippen LogP contribution in [-0.2, 0) is 11.2 Å². The lowest BCUT2D eigenvalue weighted by Gasteiger charge is -2.28. The predicted octanol–water partition coefficient (Wildman–Crippen LogP) is 1.92. The highest BCUT2D eigenvalue weighted by Crippen LogP contribution is 2.40. The molecule has 2 aliphatic rings. The summed E-state index contributed by atoms with van der Waals surface area (Å²) in [7, 11) is 0. The Morgan fingerprint density at radius 3 is 2.63 bits per heavy atom. The first-order valence-electron chi connectivity index (χ1n) is 10.3. The van der Waals surface area contributed by atoms with E-state index in [2.05, 4.69) is 17.6 Å². The molecule has 6 nitrogen and oxygen atoms in total. The second-order valence-corrected chi connectivity index (χ2v) is 8.52. The summed E-state index contributed by atoms with van der Waals surface area (Å²) in [6, 6.07) is 11.8. The van der Waals surface area contributed by atoms with Gasteiger partial charge in [-0.05, 0) is 59.6 Å². The molecule has 2 aromatic carbocycles. The molecule has 2 fully saturated rings. The Morgan fingerprint density at radius 1 is 1.20 bits per heavy atom. The molecule has 1 aliphatic carbocycles. The van der Waals surface area contributed by atoms with E-state index in [4.69, 9.17) is 11.5 Å². The monoisotopic (exact) mass is 410 g/mol. The molecule has 0 aromatic heterocycles. The number of hydrogen-bond donors (Lipinski definition) is 4. The standard InChI is InChI=1S/C23H27FN4O2/c1-12-7-17-11-18(12)21(27-17)23(30)28-20(25)10-15-6-5-14(9-19(15)24)13-3-2-4-16(8-13)22(26)29/h2-6,8-9,12,17-18,20-21,27H,7,10-11,25H2,1H3,(H2,26,29)(H,28,30)/t12?,17-,18+,20-,21-/m0/s1. The van der Waals surface area contributed by atoms with E-state index in [0.29, 0.717) is 40.1 Å². The molecule has 7 heteroatoms. The molecule has 1 saturated carbocycles. The first-order chi connectivity index (χ1) is 14.3. The molecule has 0 spiro atoms. The summed E-state index contributed by atoms with van der Waals surface area (Å²) in [4.78, 5) is 24.0. The molecular weight excluding hydrogens is 383 g/mol. The highest BCUT2D eigenvalue weighted by molar-refractivity contribution is 5.94. The summed E-state index contributed by atoms with van der Waals surface area (Å²) in [5.74, 6) is -0.180. The number of halogens is 1. The number of carbonyl (C=O) groups is 2. The molecule has 1 aliphatic heterocycles. The minimum atomic E-state index is -0.674. The Bertz CT molecular complexity index is 979. The Kier molecular flexibility index (Phi) is 5.58. The zero-order valence-electron chi connectivity index (χ0n) is 16.9. The maximum Gasteiger partial charge on any atom is 0.248 e. The quantitative estimate of drug-likeness (QED) is 0.545. The molecule has 158 valence electrons. The average molecular weight is 410 g/mol. The summed E-state index contributed by atoms with van der Waals surface area (Å²) < 4.78 is 14.7. The van der Waals surface area contributed by atoms with E-state index in [1.54, 1.807) is 36.4 Å². The average Bonchev–Trinajstić information content (AvgIpc) is 3.29. The van der Waals surface area contributed by atoms with Gasteiger partial charge in [0, 0.05) is 18.0 Å². The van der Waals surface area contributed by atoms with E-state index < -0.39 is 17.9 Å². The van der Waals surface area contributed by atoms with Crippen molar-refractivity contribution in [3.05, 3.63) is 59.4 Å². The molecule has 6 N–H and O–H groups in total. The summed E-state index contributed by atoms with van der Waals surface area (Å²) in [6.07, 6.45) is 1.66. The zero-order chi connectivity index (χ0) is 21.4. The Hall–Kier alpha value is -2.77. The van der Waals surface area contributed by atoms with Crippen molar-refractivity contribution in [1.29, 1.82) is 0 Å². The number of hydrogen-bond acceptors (Lipinski definition) is 4. The van der Waals surface area contributed by atoms with Crippen LogP contribution in [0.15, 0.2) is 42.5 Å². The van der Waals surface area contributed by atoms with Crippen molar-refractivity contribution in [2.75, 3.05) is 0 Å². The van der Waals surface area contributed by atoms with Crippen LogP contribution < -0.4 is 22.1 Å². The SMILES string of the molecule is CC1C[C@H]2C[C@H]1[C@@H](C(=O)N[C@H](N)Cc1ccc(-c3cccc(C(N)=O)c3)cc1F)N2. The Morgan fingerprint density at radius 2 is 1.97 bits per heavy atom. The van der Waals surface area contributed by atoms with Crippen LogP contribution in [0.2, 0.25) is 0 Å². The van der Waals surface area contributed by atoms with Crippen LogP contribution >= 0.6 is 0 Å². The van der Waals surface area contributed by atoms with Gasteiger partial charge in [0.2, 0.25) is 11.8 Å². The van der Waals surface area contributed by atoms with Crippen molar-refractivity contribution in [1.82, 2.24) is 10.6 Å². The smallest absolute Gasteiger partial charge is 0.248 e. The maximum atomic E-state index is 14.7. The van der Waals surface area contributed by atoms with E-state index in [9.17, 15) is 14.0 Å². The highest BCUT2D eigenvalue weighted by atomic mass is 19.1. The Labute approximate surface area is 175 Å². The largest absolute Gasteiger partial charge is 0.366 e. The number of piperidine rings is 1. The number of benzene rings is 2. The number of rotatable bonds is 6. The third-order valence-corrected chi connectivity index (χ3v) is 6.37. The van der Waals surface area contributed by atoms with Gasteiger partial charge < -0.3 is 22.1 Å². The lowest BCUT2D eigenvalue weighted by atomic mass is 9.89. The highest BCUT2D eigenvalue weighted by Gasteiger charge is 2.46. The molecule has 30 heavy (non-hydrogen) atoms. The minimum Gasteiger partial charge on any atom is -0.366 e. The molecule has 2 bridgehead atoms. The fourth-order valence-corrected chi connectivity index (χ4v) is 4.83. The van der Waals surface area contributed by atoms with Crippen LogP contribution in [-0.4, -0.2) is 30.1 Å². The molecule has 0 radical (unpaired) electrons. The van der Waals surface area contributed by atoms with Crippen molar-refractivity contribution in [2.24, 2.45) is 23.3 Å². The predicted molar refractivity (Wildman–Crippen MR) is 113 cm³/mol. The molecular formula is C23H27FN4O2. The minimum absolute atomic E-state index is 0.109. The van der Waals surface area contributed by atoms with E-state index in [1.807, 2.05) is 0 Å². The molecule has 1 saturated heterocycles. The molecule has 5 atom stereocenters. The number of amides is 2. The van der Waals surface area contributed by atoms with Crippen LogP contribution in [0.1, 0.15) is 35.7 Å². The van der Waals surface area contributed by atoms with Gasteiger partial charge in [-0.3, -0.25) is 9.59 Å². The topological polar surface area (TPSA) is 110 Å². The number of nitrogens with two attached hydrogens (primary N) is 2. The summed E-state index contributed by atoms with van der Waals surface area (Å²) >= 11 is 0. The van der Waals surface area contributed by atoms with Crippen LogP contribution in [0, 0.1) is 17.7 Å². The third kappa shape index (κ3) is 4.08. The van der Waals surface area contributed by atoms with Gasteiger partial charge in [0.25, 0.3) is 0 Å². The van der Waals surface area contributed by atoms with Crippen LogP contribution in [0.3, 0.4) is 0 Å².